The molecule has 0 aromatic heterocycles. The van der Waals surface area contributed by atoms with Gasteiger partial charge in [0.2, 0.25) is 10.0 Å². The Morgan fingerprint density at radius 1 is 1.19 bits per heavy atom. The fourth-order valence-electron chi connectivity index (χ4n) is 3.32. The van der Waals surface area contributed by atoms with Crippen LogP contribution in [0, 0.1) is 26.7 Å². The molecule has 2 atom stereocenters. The largest absolute Gasteiger partial charge is 0.330 e. The third-order valence-corrected chi connectivity index (χ3v) is 5.94. The van der Waals surface area contributed by atoms with Crippen LogP contribution in [0.25, 0.3) is 0 Å². The quantitative estimate of drug-likeness (QED) is 0.889. The van der Waals surface area contributed by atoms with Gasteiger partial charge >= 0.3 is 0 Å². The number of benzene rings is 1. The van der Waals surface area contributed by atoms with Gasteiger partial charge in [-0.3, -0.25) is 0 Å². The fourth-order valence-corrected chi connectivity index (χ4v) is 5.12. The van der Waals surface area contributed by atoms with Crippen molar-refractivity contribution < 1.29 is 8.42 Å². The molecule has 0 radical (unpaired) electrons. The third kappa shape index (κ3) is 3.97. The van der Waals surface area contributed by atoms with Gasteiger partial charge in [-0.05, 0) is 57.2 Å². The van der Waals surface area contributed by atoms with Gasteiger partial charge in [0.15, 0.2) is 0 Å². The topological polar surface area (TPSA) is 72.2 Å². The summed E-state index contributed by atoms with van der Waals surface area (Å²) in [7, 11) is -3.47. The molecule has 21 heavy (non-hydrogen) atoms. The standard InChI is InChI=1S/C15H24N2O2S.ClH/c1-10-7-11(2)15(12(3)8-10)20(18,19)17-14-6-4-5-13(14)9-16;/h7-8,13-14,17H,4-6,9,16H2,1-3H3;1H. The van der Waals surface area contributed by atoms with Crippen molar-refractivity contribution in [1.82, 2.24) is 4.72 Å². The molecule has 0 bridgehead atoms. The zero-order valence-electron chi connectivity index (χ0n) is 12.8. The maximum absolute atomic E-state index is 12.7. The Morgan fingerprint density at radius 2 is 1.76 bits per heavy atom. The first kappa shape index (κ1) is 18.4. The van der Waals surface area contributed by atoms with Crippen LogP contribution in [-0.4, -0.2) is 21.0 Å². The van der Waals surface area contributed by atoms with Crippen molar-refractivity contribution in [1.29, 1.82) is 0 Å². The fraction of sp³-hybridized carbons (Fsp3) is 0.600. The van der Waals surface area contributed by atoms with Crippen LogP contribution in [0.15, 0.2) is 17.0 Å². The van der Waals surface area contributed by atoms with E-state index in [1.54, 1.807) is 0 Å². The summed E-state index contributed by atoms with van der Waals surface area (Å²) in [6.07, 6.45) is 2.93. The SMILES string of the molecule is Cc1cc(C)c(S(=O)(=O)NC2CCCC2CN)c(C)c1.Cl. The zero-order chi connectivity index (χ0) is 14.9. The molecule has 0 amide bonds. The summed E-state index contributed by atoms with van der Waals surface area (Å²) >= 11 is 0. The first-order chi connectivity index (χ1) is 9.35. The van der Waals surface area contributed by atoms with E-state index >= 15 is 0 Å². The Hall–Kier alpha value is -0.620. The maximum Gasteiger partial charge on any atom is 0.241 e. The number of rotatable bonds is 4. The second kappa shape index (κ2) is 7.09. The summed E-state index contributed by atoms with van der Waals surface area (Å²) in [5.74, 6) is 0.260. The lowest BCUT2D eigenvalue weighted by Gasteiger charge is -2.21. The molecule has 0 heterocycles. The van der Waals surface area contributed by atoms with Gasteiger partial charge in [0.05, 0.1) is 4.90 Å². The molecule has 120 valence electrons. The van der Waals surface area contributed by atoms with Crippen LogP contribution in [0.2, 0.25) is 0 Å². The van der Waals surface area contributed by atoms with Crippen LogP contribution in [0.5, 0.6) is 0 Å². The summed E-state index contributed by atoms with van der Waals surface area (Å²) in [5.41, 5.74) is 8.42. The number of nitrogens with two attached hydrogens (primary N) is 1. The van der Waals surface area contributed by atoms with Crippen molar-refractivity contribution in [3.05, 3.63) is 28.8 Å². The van der Waals surface area contributed by atoms with Crippen LogP contribution >= 0.6 is 12.4 Å². The second-order valence-corrected chi connectivity index (χ2v) is 7.53. The molecule has 6 heteroatoms. The Balaban J connectivity index is 0.00000220. The van der Waals surface area contributed by atoms with Crippen molar-refractivity contribution >= 4 is 22.4 Å². The lowest BCUT2D eigenvalue weighted by Crippen LogP contribution is -2.40. The van der Waals surface area contributed by atoms with E-state index in [0.29, 0.717) is 11.4 Å². The number of halogens is 1. The van der Waals surface area contributed by atoms with E-state index in [2.05, 4.69) is 4.72 Å². The molecule has 1 saturated carbocycles. The highest BCUT2D eigenvalue weighted by molar-refractivity contribution is 7.89. The Bertz CT molecular complexity index is 579. The van der Waals surface area contributed by atoms with Gasteiger partial charge in [-0.15, -0.1) is 12.4 Å². The first-order valence-corrected chi connectivity index (χ1v) is 8.63. The van der Waals surface area contributed by atoms with Crippen molar-refractivity contribution in [2.24, 2.45) is 11.7 Å². The molecule has 1 aromatic carbocycles. The lowest BCUT2D eigenvalue weighted by atomic mass is 10.1. The van der Waals surface area contributed by atoms with E-state index in [4.69, 9.17) is 5.73 Å². The van der Waals surface area contributed by atoms with Gasteiger partial charge in [-0.1, -0.05) is 24.1 Å². The van der Waals surface area contributed by atoms with Gasteiger partial charge in [0, 0.05) is 6.04 Å². The Morgan fingerprint density at radius 3 is 2.29 bits per heavy atom. The van der Waals surface area contributed by atoms with Gasteiger partial charge in [0.1, 0.15) is 0 Å². The van der Waals surface area contributed by atoms with E-state index in [1.807, 2.05) is 32.9 Å². The number of hydrogen-bond acceptors (Lipinski definition) is 3. The summed E-state index contributed by atoms with van der Waals surface area (Å²) in [4.78, 5) is 0.422. The summed E-state index contributed by atoms with van der Waals surface area (Å²) in [6, 6.07) is 3.80. The average molecular weight is 333 g/mol. The van der Waals surface area contributed by atoms with Crippen LogP contribution in [-0.2, 0) is 10.0 Å². The monoisotopic (exact) mass is 332 g/mol. The summed E-state index contributed by atoms with van der Waals surface area (Å²) < 4.78 is 28.2. The van der Waals surface area contributed by atoms with Gasteiger partial charge in [-0.25, -0.2) is 13.1 Å². The molecule has 1 fully saturated rings. The normalized spacial score (nSPS) is 22.1. The summed E-state index contributed by atoms with van der Waals surface area (Å²) in [5, 5.41) is 0. The van der Waals surface area contributed by atoms with E-state index in [-0.39, 0.29) is 24.4 Å². The van der Waals surface area contributed by atoms with Crippen molar-refractivity contribution in [2.75, 3.05) is 6.54 Å². The van der Waals surface area contributed by atoms with Crippen LogP contribution in [0.4, 0.5) is 0 Å². The van der Waals surface area contributed by atoms with Gasteiger partial charge in [-0.2, -0.15) is 0 Å². The molecule has 2 rings (SSSR count). The Labute approximate surface area is 134 Å². The number of hydrogen-bond donors (Lipinski definition) is 2. The smallest absolute Gasteiger partial charge is 0.241 e. The molecule has 0 saturated heterocycles. The molecule has 4 nitrogen and oxygen atoms in total. The molecule has 3 N–H and O–H groups in total. The van der Waals surface area contributed by atoms with Gasteiger partial charge in [0.25, 0.3) is 0 Å². The highest BCUT2D eigenvalue weighted by atomic mass is 35.5. The van der Waals surface area contributed by atoms with Crippen molar-refractivity contribution in [2.45, 2.75) is 51.0 Å². The van der Waals surface area contributed by atoms with E-state index in [0.717, 1.165) is 36.0 Å². The minimum Gasteiger partial charge on any atom is -0.330 e. The molecule has 0 aliphatic heterocycles. The zero-order valence-corrected chi connectivity index (χ0v) is 14.5. The van der Waals surface area contributed by atoms with E-state index in [9.17, 15) is 8.42 Å². The number of aryl methyl sites for hydroxylation is 3. The minimum atomic E-state index is -3.47. The molecule has 2 unspecified atom stereocenters. The maximum atomic E-state index is 12.7. The van der Waals surface area contributed by atoms with Crippen molar-refractivity contribution in [3.8, 4) is 0 Å². The lowest BCUT2D eigenvalue weighted by molar-refractivity contribution is 0.452. The minimum absolute atomic E-state index is 0. The second-order valence-electron chi connectivity index (χ2n) is 5.88. The van der Waals surface area contributed by atoms with Crippen LogP contribution < -0.4 is 10.5 Å². The molecule has 0 spiro atoms. The van der Waals surface area contributed by atoms with Gasteiger partial charge < -0.3 is 5.73 Å². The van der Waals surface area contributed by atoms with E-state index < -0.39 is 10.0 Å². The number of nitrogens with one attached hydrogen (secondary N) is 1. The highest BCUT2D eigenvalue weighted by Gasteiger charge is 2.31. The summed E-state index contributed by atoms with van der Waals surface area (Å²) in [6.45, 7) is 6.22. The average Bonchev–Trinajstić information content (AvgIpc) is 2.73. The van der Waals surface area contributed by atoms with Crippen molar-refractivity contribution in [3.63, 3.8) is 0 Å². The molecular weight excluding hydrogens is 308 g/mol. The predicted molar refractivity (Wildman–Crippen MR) is 88.4 cm³/mol. The van der Waals surface area contributed by atoms with Crippen LogP contribution in [0.1, 0.15) is 36.0 Å². The number of sulfonamides is 1. The third-order valence-electron chi connectivity index (χ3n) is 4.14. The Kier molecular flexibility index (Phi) is 6.23. The molecule has 1 aliphatic carbocycles. The molecule has 1 aromatic rings. The molecule has 1 aliphatic rings. The molecular formula is C15H25ClN2O2S. The van der Waals surface area contributed by atoms with E-state index in [1.165, 1.54) is 0 Å². The van der Waals surface area contributed by atoms with Crippen LogP contribution in [0.3, 0.4) is 0 Å². The predicted octanol–water partition coefficient (Wildman–Crippen LogP) is 2.44. The first-order valence-electron chi connectivity index (χ1n) is 7.15. The highest BCUT2D eigenvalue weighted by Crippen LogP contribution is 2.28.